The summed E-state index contributed by atoms with van der Waals surface area (Å²) in [6.07, 6.45) is 1.96. The quantitative estimate of drug-likeness (QED) is 0.438. The standard InChI is InChI=1S/C25H37N5O2/c1-4-26-25(29-16-24-18-30(13-14-31-24)17-20(2)3)28-15-21-8-10-23(11-9-21)32-19-22-7-5-6-12-27-22/h5-12,20,24H,4,13-19H2,1-3H3,(H2,26,28,29). The van der Waals surface area contributed by atoms with Gasteiger partial charge < -0.3 is 20.1 Å². The van der Waals surface area contributed by atoms with Crippen molar-refractivity contribution in [3.05, 3.63) is 59.9 Å². The van der Waals surface area contributed by atoms with Crippen molar-refractivity contribution in [1.82, 2.24) is 20.5 Å². The highest BCUT2D eigenvalue weighted by molar-refractivity contribution is 5.79. The van der Waals surface area contributed by atoms with Crippen LogP contribution in [0.4, 0.5) is 0 Å². The van der Waals surface area contributed by atoms with Gasteiger partial charge in [0.15, 0.2) is 5.96 Å². The number of hydrogen-bond donors (Lipinski definition) is 2. The van der Waals surface area contributed by atoms with Gasteiger partial charge in [-0.15, -0.1) is 0 Å². The molecule has 7 heteroatoms. The maximum Gasteiger partial charge on any atom is 0.191 e. The second kappa shape index (κ2) is 13.0. The minimum atomic E-state index is 0.182. The molecule has 0 amide bonds. The number of hydrogen-bond acceptors (Lipinski definition) is 5. The molecule has 1 saturated heterocycles. The maximum atomic E-state index is 5.94. The highest BCUT2D eigenvalue weighted by Gasteiger charge is 2.21. The van der Waals surface area contributed by atoms with Gasteiger partial charge in [0.25, 0.3) is 0 Å². The topological polar surface area (TPSA) is 71.0 Å². The molecule has 1 aromatic carbocycles. The fourth-order valence-electron chi connectivity index (χ4n) is 3.64. The van der Waals surface area contributed by atoms with Crippen LogP contribution in [0.2, 0.25) is 0 Å². The average Bonchev–Trinajstić information content (AvgIpc) is 2.81. The Hall–Kier alpha value is -2.64. The Kier molecular flexibility index (Phi) is 9.78. The number of pyridine rings is 1. The normalized spacial score (nSPS) is 17.4. The van der Waals surface area contributed by atoms with E-state index >= 15 is 0 Å². The lowest BCUT2D eigenvalue weighted by atomic mass is 10.2. The largest absolute Gasteiger partial charge is 0.487 e. The Morgan fingerprint density at radius 2 is 2.06 bits per heavy atom. The minimum Gasteiger partial charge on any atom is -0.487 e. The number of benzene rings is 1. The number of ether oxygens (including phenoxy) is 2. The molecule has 0 spiro atoms. The van der Waals surface area contributed by atoms with E-state index in [0.717, 1.165) is 62.3 Å². The summed E-state index contributed by atoms with van der Waals surface area (Å²) >= 11 is 0. The van der Waals surface area contributed by atoms with Gasteiger partial charge in [-0.05, 0) is 42.7 Å². The maximum absolute atomic E-state index is 5.94. The van der Waals surface area contributed by atoms with E-state index in [1.807, 2.05) is 30.3 Å². The van der Waals surface area contributed by atoms with E-state index < -0.39 is 0 Å². The summed E-state index contributed by atoms with van der Waals surface area (Å²) in [6.45, 7) is 13.1. The van der Waals surface area contributed by atoms with Crippen LogP contribution in [0.1, 0.15) is 32.0 Å². The Balaban J connectivity index is 1.46. The van der Waals surface area contributed by atoms with Gasteiger partial charge in [0.05, 0.1) is 24.9 Å². The number of rotatable bonds is 10. The first kappa shape index (κ1) is 24.0. The van der Waals surface area contributed by atoms with Crippen molar-refractivity contribution in [3.8, 4) is 5.75 Å². The van der Waals surface area contributed by atoms with E-state index in [0.29, 0.717) is 19.1 Å². The van der Waals surface area contributed by atoms with Crippen LogP contribution in [0, 0.1) is 5.92 Å². The Morgan fingerprint density at radius 3 is 2.78 bits per heavy atom. The van der Waals surface area contributed by atoms with Gasteiger partial charge in [-0.2, -0.15) is 0 Å². The molecule has 0 aliphatic carbocycles. The Bertz CT molecular complexity index is 811. The van der Waals surface area contributed by atoms with Crippen molar-refractivity contribution >= 4 is 5.96 Å². The molecular weight excluding hydrogens is 402 g/mol. The molecule has 1 aliphatic rings. The first-order chi connectivity index (χ1) is 15.6. The predicted octanol–water partition coefficient (Wildman–Crippen LogP) is 3.07. The van der Waals surface area contributed by atoms with Crippen molar-refractivity contribution in [2.75, 3.05) is 39.3 Å². The van der Waals surface area contributed by atoms with Crippen LogP contribution >= 0.6 is 0 Å². The van der Waals surface area contributed by atoms with Crippen LogP contribution in [-0.4, -0.2) is 61.3 Å². The number of nitrogens with zero attached hydrogens (tertiary/aromatic N) is 3. The molecule has 7 nitrogen and oxygen atoms in total. The van der Waals surface area contributed by atoms with E-state index in [1.54, 1.807) is 6.20 Å². The summed E-state index contributed by atoms with van der Waals surface area (Å²) < 4.78 is 11.8. The van der Waals surface area contributed by atoms with E-state index in [4.69, 9.17) is 14.5 Å². The zero-order valence-electron chi connectivity index (χ0n) is 19.6. The molecule has 0 bridgehead atoms. The lowest BCUT2D eigenvalue weighted by Crippen LogP contribution is -2.50. The van der Waals surface area contributed by atoms with Crippen LogP contribution in [0.25, 0.3) is 0 Å². The molecular formula is C25H37N5O2. The number of nitrogens with one attached hydrogen (secondary N) is 2. The Morgan fingerprint density at radius 1 is 1.22 bits per heavy atom. The molecule has 3 rings (SSSR count). The summed E-state index contributed by atoms with van der Waals surface area (Å²) in [5, 5.41) is 6.76. The average molecular weight is 440 g/mol. The van der Waals surface area contributed by atoms with Gasteiger partial charge >= 0.3 is 0 Å². The van der Waals surface area contributed by atoms with Crippen LogP contribution in [-0.2, 0) is 17.9 Å². The summed E-state index contributed by atoms with van der Waals surface area (Å²) in [5.74, 6) is 2.31. The van der Waals surface area contributed by atoms with Crippen molar-refractivity contribution in [2.24, 2.45) is 10.9 Å². The molecule has 174 valence electrons. The fraction of sp³-hybridized carbons (Fsp3) is 0.520. The van der Waals surface area contributed by atoms with Gasteiger partial charge in [-0.1, -0.05) is 32.0 Å². The highest BCUT2D eigenvalue weighted by atomic mass is 16.5. The number of morpholine rings is 1. The lowest BCUT2D eigenvalue weighted by Gasteiger charge is -2.34. The molecule has 1 aliphatic heterocycles. The third kappa shape index (κ3) is 8.48. The smallest absolute Gasteiger partial charge is 0.191 e. The third-order valence-electron chi connectivity index (χ3n) is 5.14. The number of guanidine groups is 1. The molecule has 32 heavy (non-hydrogen) atoms. The molecule has 2 N–H and O–H groups in total. The Labute approximate surface area is 192 Å². The summed E-state index contributed by atoms with van der Waals surface area (Å²) in [6, 6.07) is 13.9. The molecule has 1 fully saturated rings. The second-order valence-corrected chi connectivity index (χ2v) is 8.48. The van der Waals surface area contributed by atoms with Crippen LogP contribution in [0.3, 0.4) is 0 Å². The van der Waals surface area contributed by atoms with Gasteiger partial charge in [-0.3, -0.25) is 9.88 Å². The summed E-state index contributed by atoms with van der Waals surface area (Å²) in [5.41, 5.74) is 2.04. The van der Waals surface area contributed by atoms with Crippen molar-refractivity contribution in [1.29, 1.82) is 0 Å². The summed E-state index contributed by atoms with van der Waals surface area (Å²) in [7, 11) is 0. The van der Waals surface area contributed by atoms with Crippen molar-refractivity contribution in [3.63, 3.8) is 0 Å². The van der Waals surface area contributed by atoms with Gasteiger partial charge in [-0.25, -0.2) is 4.99 Å². The molecule has 1 atom stereocenters. The lowest BCUT2D eigenvalue weighted by molar-refractivity contribution is -0.0284. The van der Waals surface area contributed by atoms with Crippen molar-refractivity contribution < 1.29 is 9.47 Å². The molecule has 0 saturated carbocycles. The molecule has 1 aromatic heterocycles. The molecule has 1 unspecified atom stereocenters. The first-order valence-electron chi connectivity index (χ1n) is 11.6. The molecule has 2 aromatic rings. The first-order valence-corrected chi connectivity index (χ1v) is 11.6. The summed E-state index contributed by atoms with van der Waals surface area (Å²) in [4.78, 5) is 11.5. The fourth-order valence-corrected chi connectivity index (χ4v) is 3.64. The zero-order chi connectivity index (χ0) is 22.6. The van der Waals surface area contributed by atoms with E-state index in [2.05, 4.69) is 53.4 Å². The van der Waals surface area contributed by atoms with E-state index in [-0.39, 0.29) is 6.10 Å². The molecule has 2 heterocycles. The number of aliphatic imine (C=N–C) groups is 1. The van der Waals surface area contributed by atoms with E-state index in [9.17, 15) is 0 Å². The van der Waals surface area contributed by atoms with Gasteiger partial charge in [0, 0.05) is 38.9 Å². The van der Waals surface area contributed by atoms with E-state index in [1.165, 1.54) is 0 Å². The van der Waals surface area contributed by atoms with Gasteiger partial charge in [0.1, 0.15) is 12.4 Å². The third-order valence-corrected chi connectivity index (χ3v) is 5.14. The molecule has 0 radical (unpaired) electrons. The van der Waals surface area contributed by atoms with Gasteiger partial charge in [0.2, 0.25) is 0 Å². The van der Waals surface area contributed by atoms with Crippen LogP contribution in [0.5, 0.6) is 5.75 Å². The predicted molar refractivity (Wildman–Crippen MR) is 129 cm³/mol. The zero-order valence-corrected chi connectivity index (χ0v) is 19.6. The van der Waals surface area contributed by atoms with Crippen molar-refractivity contribution in [2.45, 2.75) is 40.0 Å². The number of aromatic nitrogens is 1. The SMILES string of the molecule is CCNC(=NCc1ccc(OCc2ccccn2)cc1)NCC1CN(CC(C)C)CCO1. The second-order valence-electron chi connectivity index (χ2n) is 8.48. The highest BCUT2D eigenvalue weighted by Crippen LogP contribution is 2.14. The van der Waals surface area contributed by atoms with Crippen LogP contribution in [0.15, 0.2) is 53.7 Å². The minimum absolute atomic E-state index is 0.182. The monoisotopic (exact) mass is 439 g/mol. The van der Waals surface area contributed by atoms with Crippen LogP contribution < -0.4 is 15.4 Å².